The van der Waals surface area contributed by atoms with Gasteiger partial charge >= 0.3 is 0 Å². The molecule has 0 saturated heterocycles. The Morgan fingerprint density at radius 2 is 1.79 bits per heavy atom. The number of rotatable bonds is 6. The molecular formula is C26H33N3O4S. The zero-order valence-electron chi connectivity index (χ0n) is 20.0. The highest BCUT2D eigenvalue weighted by atomic mass is 32.2. The van der Waals surface area contributed by atoms with Crippen LogP contribution >= 0.6 is 0 Å². The lowest BCUT2D eigenvalue weighted by molar-refractivity contribution is -0.121. The second-order valence-corrected chi connectivity index (χ2v) is 11.4. The molecule has 0 radical (unpaired) electrons. The zero-order chi connectivity index (χ0) is 24.5. The molecular weight excluding hydrogens is 450 g/mol. The highest BCUT2D eigenvalue weighted by molar-refractivity contribution is 7.89. The van der Waals surface area contributed by atoms with E-state index in [9.17, 15) is 18.0 Å². The van der Waals surface area contributed by atoms with Crippen LogP contribution in [0.25, 0.3) is 0 Å². The molecule has 7 nitrogen and oxygen atoms in total. The lowest BCUT2D eigenvalue weighted by atomic mass is 9.81. The summed E-state index contributed by atoms with van der Waals surface area (Å²) in [7, 11) is -3.64. The van der Waals surface area contributed by atoms with Gasteiger partial charge in [-0.05, 0) is 93.3 Å². The molecule has 2 N–H and O–H groups in total. The van der Waals surface area contributed by atoms with E-state index in [0.717, 1.165) is 48.2 Å². The molecule has 0 unspecified atom stereocenters. The van der Waals surface area contributed by atoms with Gasteiger partial charge in [0.15, 0.2) is 0 Å². The summed E-state index contributed by atoms with van der Waals surface area (Å²) in [5.41, 5.74) is 3.59. The van der Waals surface area contributed by atoms with Crippen molar-refractivity contribution >= 4 is 33.2 Å². The summed E-state index contributed by atoms with van der Waals surface area (Å²) in [6, 6.07) is 12.8. The van der Waals surface area contributed by atoms with Gasteiger partial charge in [-0.2, -0.15) is 0 Å². The minimum atomic E-state index is -3.64. The van der Waals surface area contributed by atoms with Crippen LogP contribution < -0.4 is 14.9 Å². The summed E-state index contributed by atoms with van der Waals surface area (Å²) in [5.74, 6) is 0.163. The molecule has 8 heteroatoms. The zero-order valence-corrected chi connectivity index (χ0v) is 20.8. The number of anilines is 2. The average molecular weight is 484 g/mol. The first-order valence-corrected chi connectivity index (χ1v) is 13.4. The SMILES string of the molecule is CC(=O)N1c2ccc(S(=O)(=O)NCC3CCC(C(=O)Nc4cccc(C)c4)CC3)cc2C[C@H]1C. The highest BCUT2D eigenvalue weighted by Crippen LogP contribution is 2.34. The molecule has 0 spiro atoms. The first-order valence-electron chi connectivity index (χ1n) is 11.9. The van der Waals surface area contributed by atoms with Crippen LogP contribution in [0.3, 0.4) is 0 Å². The van der Waals surface area contributed by atoms with Gasteiger partial charge in [0.25, 0.3) is 0 Å². The number of benzene rings is 2. The number of carbonyl (C=O) groups excluding carboxylic acids is 2. The summed E-state index contributed by atoms with van der Waals surface area (Å²) in [4.78, 5) is 26.5. The van der Waals surface area contributed by atoms with Gasteiger partial charge in [0.05, 0.1) is 4.90 Å². The minimum absolute atomic E-state index is 0.0247. The number of nitrogens with zero attached hydrogens (tertiary/aromatic N) is 1. The van der Waals surface area contributed by atoms with Crippen molar-refractivity contribution in [2.75, 3.05) is 16.8 Å². The Kier molecular flexibility index (Phi) is 7.09. The molecule has 2 amide bonds. The van der Waals surface area contributed by atoms with Gasteiger partial charge < -0.3 is 10.2 Å². The lowest BCUT2D eigenvalue weighted by Crippen LogP contribution is -2.34. The first kappa shape index (κ1) is 24.4. The highest BCUT2D eigenvalue weighted by Gasteiger charge is 2.31. The van der Waals surface area contributed by atoms with Crippen LogP contribution in [0.4, 0.5) is 11.4 Å². The predicted octanol–water partition coefficient (Wildman–Crippen LogP) is 4.02. The molecule has 1 fully saturated rings. The van der Waals surface area contributed by atoms with E-state index in [1.807, 2.05) is 38.1 Å². The van der Waals surface area contributed by atoms with E-state index in [0.29, 0.717) is 13.0 Å². The standard InChI is InChI=1S/C26H33N3O4S/c1-17-5-4-6-23(13-17)28-26(31)21-9-7-20(8-10-21)16-27-34(32,33)24-11-12-25-22(15-24)14-18(2)29(25)19(3)30/h4-6,11-13,15,18,20-21,27H,7-10,14,16H2,1-3H3,(H,28,31)/t18-,20?,21?/m1/s1. The van der Waals surface area contributed by atoms with E-state index in [4.69, 9.17) is 0 Å². The summed E-state index contributed by atoms with van der Waals surface area (Å²) in [5, 5.41) is 3.00. The molecule has 182 valence electrons. The van der Waals surface area contributed by atoms with Gasteiger partial charge in [-0.1, -0.05) is 12.1 Å². The van der Waals surface area contributed by atoms with Gasteiger partial charge in [-0.15, -0.1) is 0 Å². The van der Waals surface area contributed by atoms with Crippen molar-refractivity contribution in [2.45, 2.75) is 63.8 Å². The first-order chi connectivity index (χ1) is 16.1. The third-order valence-corrected chi connectivity index (χ3v) is 8.40. The van der Waals surface area contributed by atoms with E-state index < -0.39 is 10.0 Å². The maximum absolute atomic E-state index is 12.9. The van der Waals surface area contributed by atoms with Crippen LogP contribution in [0.5, 0.6) is 0 Å². The van der Waals surface area contributed by atoms with Gasteiger partial charge in [0.2, 0.25) is 21.8 Å². The lowest BCUT2D eigenvalue weighted by Gasteiger charge is -2.28. The summed E-state index contributed by atoms with van der Waals surface area (Å²) in [6.45, 7) is 5.84. The molecule has 2 aromatic rings. The van der Waals surface area contributed by atoms with Crippen LogP contribution in [0, 0.1) is 18.8 Å². The number of aryl methyl sites for hydroxylation is 1. The van der Waals surface area contributed by atoms with Crippen LogP contribution in [0.15, 0.2) is 47.4 Å². The van der Waals surface area contributed by atoms with E-state index in [1.165, 1.54) is 6.92 Å². The number of hydrogen-bond donors (Lipinski definition) is 2. The topological polar surface area (TPSA) is 95.6 Å². The average Bonchev–Trinajstić information content (AvgIpc) is 3.13. The number of fused-ring (bicyclic) bond motifs is 1. The van der Waals surface area contributed by atoms with Gasteiger partial charge in [-0.3, -0.25) is 9.59 Å². The maximum atomic E-state index is 12.9. The number of carbonyl (C=O) groups is 2. The third kappa shape index (κ3) is 5.33. The Balaban J connectivity index is 1.30. The van der Waals surface area contributed by atoms with Crippen molar-refractivity contribution in [1.29, 1.82) is 0 Å². The molecule has 1 heterocycles. The predicted molar refractivity (Wildman–Crippen MR) is 133 cm³/mol. The molecule has 1 aliphatic carbocycles. The van der Waals surface area contributed by atoms with Gasteiger partial charge in [0, 0.05) is 36.8 Å². The second-order valence-electron chi connectivity index (χ2n) is 9.66. The fourth-order valence-corrected chi connectivity index (χ4v) is 6.33. The smallest absolute Gasteiger partial charge is 0.240 e. The van der Waals surface area contributed by atoms with Crippen molar-refractivity contribution in [3.8, 4) is 0 Å². The van der Waals surface area contributed by atoms with E-state index in [2.05, 4.69) is 10.0 Å². The fraction of sp³-hybridized carbons (Fsp3) is 0.462. The molecule has 34 heavy (non-hydrogen) atoms. The molecule has 1 saturated carbocycles. The Labute approximate surface area is 202 Å². The number of nitrogens with one attached hydrogen (secondary N) is 2. The Bertz CT molecular complexity index is 1190. The second kappa shape index (κ2) is 9.88. The number of amides is 2. The van der Waals surface area contributed by atoms with Crippen LogP contribution in [0.1, 0.15) is 50.7 Å². The molecule has 0 aromatic heterocycles. The van der Waals surface area contributed by atoms with Crippen LogP contribution in [-0.2, 0) is 26.0 Å². The minimum Gasteiger partial charge on any atom is -0.326 e. The van der Waals surface area contributed by atoms with Crippen molar-refractivity contribution < 1.29 is 18.0 Å². The van der Waals surface area contributed by atoms with Crippen molar-refractivity contribution in [3.05, 3.63) is 53.6 Å². The van der Waals surface area contributed by atoms with Crippen molar-refractivity contribution in [1.82, 2.24) is 4.72 Å². The maximum Gasteiger partial charge on any atom is 0.240 e. The Morgan fingerprint density at radius 3 is 2.47 bits per heavy atom. The fourth-order valence-electron chi connectivity index (χ4n) is 5.16. The molecule has 2 aromatic carbocycles. The molecule has 2 aliphatic rings. The van der Waals surface area contributed by atoms with Crippen molar-refractivity contribution in [2.24, 2.45) is 11.8 Å². The Hall–Kier alpha value is -2.71. The van der Waals surface area contributed by atoms with Crippen LogP contribution in [0.2, 0.25) is 0 Å². The quantitative estimate of drug-likeness (QED) is 0.649. The Morgan fingerprint density at radius 1 is 1.06 bits per heavy atom. The van der Waals surface area contributed by atoms with Gasteiger partial charge in [-0.25, -0.2) is 13.1 Å². The molecule has 1 atom stereocenters. The normalized spacial score (nSPS) is 22.3. The summed E-state index contributed by atoms with van der Waals surface area (Å²) >= 11 is 0. The van der Waals surface area contributed by atoms with Crippen molar-refractivity contribution in [3.63, 3.8) is 0 Å². The number of hydrogen-bond acceptors (Lipinski definition) is 4. The molecule has 4 rings (SSSR count). The molecule has 0 bridgehead atoms. The van der Waals surface area contributed by atoms with E-state index in [-0.39, 0.29) is 34.6 Å². The number of sulfonamides is 1. The van der Waals surface area contributed by atoms with Gasteiger partial charge in [0.1, 0.15) is 0 Å². The molecule has 1 aliphatic heterocycles. The summed E-state index contributed by atoms with van der Waals surface area (Å²) < 4.78 is 28.6. The summed E-state index contributed by atoms with van der Waals surface area (Å²) in [6.07, 6.45) is 3.77. The van der Waals surface area contributed by atoms with E-state index in [1.54, 1.807) is 23.1 Å². The van der Waals surface area contributed by atoms with Crippen LogP contribution in [-0.4, -0.2) is 32.8 Å². The van der Waals surface area contributed by atoms with E-state index >= 15 is 0 Å². The monoisotopic (exact) mass is 483 g/mol. The largest absolute Gasteiger partial charge is 0.326 e. The third-order valence-electron chi connectivity index (χ3n) is 6.98.